The summed E-state index contributed by atoms with van der Waals surface area (Å²) in [6.45, 7) is 1.67. The lowest BCUT2D eigenvalue weighted by Crippen LogP contribution is -2.15. The van der Waals surface area contributed by atoms with Crippen molar-refractivity contribution >= 4 is 5.91 Å². The van der Waals surface area contributed by atoms with Crippen LogP contribution in [-0.2, 0) is 0 Å². The van der Waals surface area contributed by atoms with Crippen molar-refractivity contribution in [3.63, 3.8) is 0 Å². The molecule has 1 fully saturated rings. The number of ether oxygens (including phenoxy) is 1. The van der Waals surface area contributed by atoms with Crippen LogP contribution in [0.25, 0.3) is 0 Å². The zero-order valence-electron chi connectivity index (χ0n) is 11.5. The average molecular weight is 287 g/mol. The minimum atomic E-state index is -0.684. The number of nitrogens with zero attached hydrogens (tertiary/aromatic N) is 2. The normalized spacial score (nSPS) is 14.0. The van der Waals surface area contributed by atoms with E-state index in [2.05, 4.69) is 10.2 Å². The van der Waals surface area contributed by atoms with Crippen LogP contribution in [-0.4, -0.2) is 16.1 Å². The fourth-order valence-corrected chi connectivity index (χ4v) is 2.24. The minimum absolute atomic E-state index is 0.0294. The number of benzene rings is 1. The molecule has 0 spiro atoms. The number of nitrogens with two attached hydrogens (primary N) is 1. The molecule has 21 heavy (non-hydrogen) atoms. The number of primary amides is 1. The highest BCUT2D eigenvalue weighted by molar-refractivity contribution is 5.96. The average Bonchev–Trinajstić information content (AvgIpc) is 3.25. The first-order valence-corrected chi connectivity index (χ1v) is 6.66. The van der Waals surface area contributed by atoms with Gasteiger partial charge in [-0.25, -0.2) is 4.39 Å². The molecule has 0 aliphatic heterocycles. The molecule has 0 atom stereocenters. The topological polar surface area (TPSA) is 78.1 Å². The third-order valence-electron chi connectivity index (χ3n) is 3.47. The van der Waals surface area contributed by atoms with Crippen LogP contribution in [0.15, 0.2) is 24.4 Å². The van der Waals surface area contributed by atoms with Gasteiger partial charge in [0, 0.05) is 0 Å². The molecule has 1 aliphatic carbocycles. The van der Waals surface area contributed by atoms with Gasteiger partial charge in [0.1, 0.15) is 5.56 Å². The number of carbonyl (C=O) groups is 1. The summed E-state index contributed by atoms with van der Waals surface area (Å²) < 4.78 is 19.8. The second-order valence-corrected chi connectivity index (χ2v) is 5.11. The zero-order chi connectivity index (χ0) is 15.0. The highest BCUT2D eigenvalue weighted by Crippen LogP contribution is 2.43. The largest absolute Gasteiger partial charge is 0.434 e. The third kappa shape index (κ3) is 2.56. The number of aryl methyl sites for hydroxylation is 1. The van der Waals surface area contributed by atoms with Gasteiger partial charge in [-0.1, -0.05) is 12.1 Å². The Kier molecular flexibility index (Phi) is 3.29. The summed E-state index contributed by atoms with van der Waals surface area (Å²) in [5.74, 6) is -0.890. The molecule has 2 N–H and O–H groups in total. The van der Waals surface area contributed by atoms with Crippen molar-refractivity contribution in [1.29, 1.82) is 0 Å². The van der Waals surface area contributed by atoms with Crippen molar-refractivity contribution in [2.24, 2.45) is 5.73 Å². The molecule has 1 saturated carbocycles. The molecular weight excluding hydrogens is 273 g/mol. The molecule has 1 aromatic heterocycles. The van der Waals surface area contributed by atoms with E-state index in [-0.39, 0.29) is 23.1 Å². The molecule has 1 amide bonds. The van der Waals surface area contributed by atoms with E-state index < -0.39 is 11.7 Å². The smallest absolute Gasteiger partial charge is 0.254 e. The Bertz CT molecular complexity index is 714. The molecule has 108 valence electrons. The Hall–Kier alpha value is -2.50. The van der Waals surface area contributed by atoms with Crippen LogP contribution in [0.4, 0.5) is 4.39 Å². The summed E-state index contributed by atoms with van der Waals surface area (Å²) in [7, 11) is 0. The van der Waals surface area contributed by atoms with E-state index in [1.165, 1.54) is 12.3 Å². The van der Waals surface area contributed by atoms with Gasteiger partial charge in [-0.05, 0) is 42.9 Å². The van der Waals surface area contributed by atoms with Crippen molar-refractivity contribution in [3.8, 4) is 11.6 Å². The van der Waals surface area contributed by atoms with Gasteiger partial charge in [0.2, 0.25) is 0 Å². The first-order valence-electron chi connectivity index (χ1n) is 6.66. The van der Waals surface area contributed by atoms with Gasteiger partial charge in [-0.2, -0.15) is 5.10 Å². The molecule has 2 aromatic rings. The lowest BCUT2D eigenvalue weighted by Gasteiger charge is -2.11. The van der Waals surface area contributed by atoms with Gasteiger partial charge in [0.05, 0.1) is 6.20 Å². The van der Waals surface area contributed by atoms with E-state index in [9.17, 15) is 9.18 Å². The van der Waals surface area contributed by atoms with E-state index in [1.807, 2.05) is 0 Å². The maximum Gasteiger partial charge on any atom is 0.254 e. The molecular formula is C15H14FN3O2. The number of hydrogen-bond acceptors (Lipinski definition) is 4. The lowest BCUT2D eigenvalue weighted by molar-refractivity contribution is 0.0996. The van der Waals surface area contributed by atoms with Crippen molar-refractivity contribution in [3.05, 3.63) is 46.9 Å². The molecule has 6 heteroatoms. The molecule has 5 nitrogen and oxygen atoms in total. The maximum atomic E-state index is 14.4. The van der Waals surface area contributed by atoms with Crippen LogP contribution in [0.5, 0.6) is 11.6 Å². The number of amides is 1. The van der Waals surface area contributed by atoms with Gasteiger partial charge in [-0.15, -0.1) is 5.10 Å². The highest BCUT2D eigenvalue weighted by Gasteiger charge is 2.28. The lowest BCUT2D eigenvalue weighted by atomic mass is 10.1. The quantitative estimate of drug-likeness (QED) is 0.937. The van der Waals surface area contributed by atoms with E-state index in [0.29, 0.717) is 11.1 Å². The number of hydrogen-bond donors (Lipinski definition) is 1. The Morgan fingerprint density at radius 1 is 1.43 bits per heavy atom. The third-order valence-corrected chi connectivity index (χ3v) is 3.47. The predicted octanol–water partition coefficient (Wildman–Crippen LogP) is 2.69. The number of halogens is 1. The summed E-state index contributed by atoms with van der Waals surface area (Å²) in [5.41, 5.74) is 6.59. The van der Waals surface area contributed by atoms with Gasteiger partial charge < -0.3 is 10.5 Å². The predicted molar refractivity (Wildman–Crippen MR) is 73.7 cm³/mol. The SMILES string of the molecule is Cc1cnnc(Oc2cccc(C3CC3)c2F)c1C(N)=O. The fraction of sp³-hybridized carbons (Fsp3) is 0.267. The second kappa shape index (κ2) is 5.12. The monoisotopic (exact) mass is 287 g/mol. The van der Waals surface area contributed by atoms with Crippen LogP contribution >= 0.6 is 0 Å². The van der Waals surface area contributed by atoms with Gasteiger partial charge in [0.25, 0.3) is 11.8 Å². The summed E-state index contributed by atoms with van der Waals surface area (Å²) in [5, 5.41) is 7.47. The molecule has 1 aromatic carbocycles. The molecule has 0 unspecified atom stereocenters. The van der Waals surface area contributed by atoms with Crippen LogP contribution < -0.4 is 10.5 Å². The van der Waals surface area contributed by atoms with Gasteiger partial charge in [-0.3, -0.25) is 4.79 Å². The summed E-state index contributed by atoms with van der Waals surface area (Å²) in [6.07, 6.45) is 3.37. The number of aromatic nitrogens is 2. The Balaban J connectivity index is 1.99. The minimum Gasteiger partial charge on any atom is -0.434 e. The summed E-state index contributed by atoms with van der Waals surface area (Å²) in [4.78, 5) is 11.5. The van der Waals surface area contributed by atoms with Gasteiger partial charge in [0.15, 0.2) is 11.6 Å². The Labute approximate surface area is 120 Å². The van der Waals surface area contributed by atoms with Crippen LogP contribution in [0, 0.1) is 12.7 Å². The van der Waals surface area contributed by atoms with Crippen molar-refractivity contribution < 1.29 is 13.9 Å². The standard InChI is InChI=1S/C15H14FN3O2/c1-8-7-18-19-15(12(8)14(17)20)21-11-4-2-3-10(13(11)16)9-5-6-9/h2-4,7,9H,5-6H2,1H3,(H2,17,20). The van der Waals surface area contributed by atoms with Crippen molar-refractivity contribution in [2.45, 2.75) is 25.7 Å². The van der Waals surface area contributed by atoms with Crippen LogP contribution in [0.3, 0.4) is 0 Å². The van der Waals surface area contributed by atoms with Crippen molar-refractivity contribution in [1.82, 2.24) is 10.2 Å². The first-order chi connectivity index (χ1) is 10.1. The maximum absolute atomic E-state index is 14.4. The Morgan fingerprint density at radius 2 is 2.19 bits per heavy atom. The van der Waals surface area contributed by atoms with E-state index >= 15 is 0 Å². The highest BCUT2D eigenvalue weighted by atomic mass is 19.1. The Morgan fingerprint density at radius 3 is 2.86 bits per heavy atom. The number of carbonyl (C=O) groups excluding carboxylic acids is 1. The second-order valence-electron chi connectivity index (χ2n) is 5.11. The van der Waals surface area contributed by atoms with E-state index in [4.69, 9.17) is 10.5 Å². The summed E-state index contributed by atoms with van der Waals surface area (Å²) in [6, 6.07) is 4.96. The molecule has 0 radical (unpaired) electrons. The number of rotatable bonds is 4. The molecule has 1 aliphatic rings. The molecule has 0 saturated heterocycles. The van der Waals surface area contributed by atoms with Crippen LogP contribution in [0.1, 0.15) is 40.2 Å². The van der Waals surface area contributed by atoms with Crippen molar-refractivity contribution in [2.75, 3.05) is 0 Å². The fourth-order valence-electron chi connectivity index (χ4n) is 2.24. The van der Waals surface area contributed by atoms with E-state index in [0.717, 1.165) is 12.8 Å². The van der Waals surface area contributed by atoms with E-state index in [1.54, 1.807) is 19.1 Å². The molecule has 1 heterocycles. The van der Waals surface area contributed by atoms with Crippen LogP contribution in [0.2, 0.25) is 0 Å². The zero-order valence-corrected chi connectivity index (χ0v) is 11.5. The molecule has 3 rings (SSSR count). The first kappa shape index (κ1) is 13.5. The summed E-state index contributed by atoms with van der Waals surface area (Å²) >= 11 is 0. The molecule has 0 bridgehead atoms. The van der Waals surface area contributed by atoms with Gasteiger partial charge >= 0.3 is 0 Å².